The summed E-state index contributed by atoms with van der Waals surface area (Å²) in [5.74, 6) is 1.55. The molecule has 1 N–H and O–H groups in total. The number of piperidine rings is 1. The van der Waals surface area contributed by atoms with Crippen LogP contribution in [-0.4, -0.2) is 38.3 Å². The fourth-order valence-electron chi connectivity index (χ4n) is 2.32. The number of benzene rings is 1. The van der Waals surface area contributed by atoms with Crippen molar-refractivity contribution in [2.24, 2.45) is 0 Å². The standard InChI is InChI=1S/C14H21BrN2O2/c1-18-13-6-5-12(16-15)11-14(13)19-10-9-17-7-3-2-4-8-17/h5-6,11,16H,2-4,7-10H2,1H3. The molecule has 106 valence electrons. The van der Waals surface area contributed by atoms with E-state index in [0.717, 1.165) is 23.7 Å². The van der Waals surface area contributed by atoms with Crippen molar-refractivity contribution < 1.29 is 9.47 Å². The Labute approximate surface area is 123 Å². The molecule has 1 aliphatic heterocycles. The summed E-state index contributed by atoms with van der Waals surface area (Å²) in [6.45, 7) is 4.07. The van der Waals surface area contributed by atoms with Crippen LogP contribution in [0.2, 0.25) is 0 Å². The van der Waals surface area contributed by atoms with E-state index in [1.165, 1.54) is 32.4 Å². The Morgan fingerprint density at radius 1 is 1.21 bits per heavy atom. The van der Waals surface area contributed by atoms with Crippen LogP contribution >= 0.6 is 16.1 Å². The normalized spacial score (nSPS) is 16.1. The third-order valence-electron chi connectivity index (χ3n) is 3.39. The first kappa shape index (κ1) is 14.5. The molecular formula is C14H21BrN2O2. The SMILES string of the molecule is COc1ccc(NBr)cc1OCCN1CCCCC1. The van der Waals surface area contributed by atoms with E-state index in [1.807, 2.05) is 18.2 Å². The number of methoxy groups -OCH3 is 1. The number of likely N-dealkylation sites (tertiary alicyclic amines) is 1. The molecule has 2 rings (SSSR count). The summed E-state index contributed by atoms with van der Waals surface area (Å²) in [7, 11) is 1.66. The summed E-state index contributed by atoms with van der Waals surface area (Å²) in [6, 6.07) is 5.77. The number of rotatable bonds is 6. The first-order valence-corrected chi connectivity index (χ1v) is 7.52. The van der Waals surface area contributed by atoms with Crippen LogP contribution in [0.1, 0.15) is 19.3 Å². The van der Waals surface area contributed by atoms with E-state index in [-0.39, 0.29) is 0 Å². The molecule has 19 heavy (non-hydrogen) atoms. The maximum absolute atomic E-state index is 5.85. The van der Waals surface area contributed by atoms with Gasteiger partial charge in [0.25, 0.3) is 0 Å². The van der Waals surface area contributed by atoms with Crippen molar-refractivity contribution in [3.05, 3.63) is 18.2 Å². The highest BCUT2D eigenvalue weighted by Crippen LogP contribution is 2.30. The molecule has 1 aromatic rings. The van der Waals surface area contributed by atoms with Crippen molar-refractivity contribution in [1.82, 2.24) is 4.90 Å². The Bertz CT molecular complexity index is 395. The maximum atomic E-state index is 5.85. The fraction of sp³-hybridized carbons (Fsp3) is 0.571. The predicted octanol–water partition coefficient (Wildman–Crippen LogP) is 3.28. The fourth-order valence-corrected chi connectivity index (χ4v) is 2.56. The minimum Gasteiger partial charge on any atom is -0.493 e. The lowest BCUT2D eigenvalue weighted by atomic mass is 10.1. The minimum atomic E-state index is 0.697. The Hall–Kier alpha value is -0.940. The zero-order chi connectivity index (χ0) is 13.5. The number of hydrogen-bond donors (Lipinski definition) is 1. The third kappa shape index (κ3) is 4.28. The van der Waals surface area contributed by atoms with E-state index >= 15 is 0 Å². The summed E-state index contributed by atoms with van der Waals surface area (Å²) in [5, 5.41) is 0. The molecule has 0 aliphatic carbocycles. The number of anilines is 1. The zero-order valence-corrected chi connectivity index (χ0v) is 12.9. The van der Waals surface area contributed by atoms with Gasteiger partial charge in [-0.15, -0.1) is 0 Å². The van der Waals surface area contributed by atoms with Crippen molar-refractivity contribution in [1.29, 1.82) is 0 Å². The summed E-state index contributed by atoms with van der Waals surface area (Å²) in [6.07, 6.45) is 3.99. The molecule has 0 spiro atoms. The molecule has 0 atom stereocenters. The van der Waals surface area contributed by atoms with Gasteiger partial charge in [-0.1, -0.05) is 6.42 Å². The van der Waals surface area contributed by atoms with Gasteiger partial charge in [-0.2, -0.15) is 0 Å². The summed E-state index contributed by atoms with van der Waals surface area (Å²) >= 11 is 3.21. The second kappa shape index (κ2) is 7.60. The van der Waals surface area contributed by atoms with Gasteiger partial charge >= 0.3 is 0 Å². The molecular weight excluding hydrogens is 308 g/mol. The van der Waals surface area contributed by atoms with E-state index < -0.39 is 0 Å². The van der Waals surface area contributed by atoms with Crippen LogP contribution in [0.25, 0.3) is 0 Å². The highest BCUT2D eigenvalue weighted by molar-refractivity contribution is 9.10. The molecule has 1 heterocycles. The molecule has 1 aromatic carbocycles. The number of ether oxygens (including phenoxy) is 2. The molecule has 0 unspecified atom stereocenters. The molecule has 0 aromatic heterocycles. The lowest BCUT2D eigenvalue weighted by Crippen LogP contribution is -2.33. The predicted molar refractivity (Wildman–Crippen MR) is 81.3 cm³/mol. The summed E-state index contributed by atoms with van der Waals surface area (Å²) < 4.78 is 14.1. The quantitative estimate of drug-likeness (QED) is 0.812. The van der Waals surface area contributed by atoms with Gasteiger partial charge in [0.05, 0.1) is 7.11 Å². The molecule has 1 fully saturated rings. The largest absolute Gasteiger partial charge is 0.493 e. The van der Waals surface area contributed by atoms with Gasteiger partial charge in [0.2, 0.25) is 0 Å². The molecule has 4 nitrogen and oxygen atoms in total. The van der Waals surface area contributed by atoms with Gasteiger partial charge < -0.3 is 13.8 Å². The van der Waals surface area contributed by atoms with E-state index in [0.29, 0.717) is 6.61 Å². The number of hydrogen-bond acceptors (Lipinski definition) is 4. The monoisotopic (exact) mass is 328 g/mol. The summed E-state index contributed by atoms with van der Waals surface area (Å²) in [4.78, 5) is 2.46. The third-order valence-corrected chi connectivity index (χ3v) is 3.84. The van der Waals surface area contributed by atoms with Crippen molar-refractivity contribution in [2.45, 2.75) is 19.3 Å². The lowest BCUT2D eigenvalue weighted by Gasteiger charge is -2.26. The first-order valence-electron chi connectivity index (χ1n) is 6.73. The molecule has 0 radical (unpaired) electrons. The van der Waals surface area contributed by atoms with Gasteiger partial charge in [-0.05, 0) is 38.1 Å². The highest BCUT2D eigenvalue weighted by atomic mass is 79.9. The maximum Gasteiger partial charge on any atom is 0.163 e. The van der Waals surface area contributed by atoms with Crippen LogP contribution in [0.4, 0.5) is 5.69 Å². The van der Waals surface area contributed by atoms with E-state index in [9.17, 15) is 0 Å². The van der Waals surface area contributed by atoms with Crippen LogP contribution in [-0.2, 0) is 0 Å². The van der Waals surface area contributed by atoms with Gasteiger partial charge in [-0.3, -0.25) is 4.90 Å². The molecule has 0 bridgehead atoms. The van der Waals surface area contributed by atoms with Crippen molar-refractivity contribution in [2.75, 3.05) is 37.7 Å². The summed E-state index contributed by atoms with van der Waals surface area (Å²) in [5.41, 5.74) is 0.953. The topological polar surface area (TPSA) is 33.7 Å². The van der Waals surface area contributed by atoms with E-state index in [4.69, 9.17) is 9.47 Å². The Morgan fingerprint density at radius 3 is 2.68 bits per heavy atom. The van der Waals surface area contributed by atoms with Gasteiger partial charge in [-0.25, -0.2) is 0 Å². The molecule has 0 saturated carbocycles. The average molecular weight is 329 g/mol. The van der Waals surface area contributed by atoms with Crippen molar-refractivity contribution >= 4 is 21.8 Å². The van der Waals surface area contributed by atoms with Crippen LogP contribution in [0, 0.1) is 0 Å². The van der Waals surface area contributed by atoms with Crippen LogP contribution in [0.3, 0.4) is 0 Å². The molecule has 1 saturated heterocycles. The van der Waals surface area contributed by atoms with Gasteiger partial charge in [0.1, 0.15) is 6.61 Å². The van der Waals surface area contributed by atoms with Crippen molar-refractivity contribution in [3.63, 3.8) is 0 Å². The van der Waals surface area contributed by atoms with Crippen LogP contribution < -0.4 is 13.8 Å². The first-order chi connectivity index (χ1) is 9.33. The van der Waals surface area contributed by atoms with E-state index in [1.54, 1.807) is 7.11 Å². The van der Waals surface area contributed by atoms with Crippen molar-refractivity contribution in [3.8, 4) is 11.5 Å². The molecule has 5 heteroatoms. The molecule has 0 amide bonds. The van der Waals surface area contributed by atoms with Crippen LogP contribution in [0.15, 0.2) is 18.2 Å². The highest BCUT2D eigenvalue weighted by Gasteiger charge is 2.11. The Balaban J connectivity index is 1.86. The smallest absolute Gasteiger partial charge is 0.163 e. The second-order valence-electron chi connectivity index (χ2n) is 4.71. The zero-order valence-electron chi connectivity index (χ0n) is 11.3. The second-order valence-corrected chi connectivity index (χ2v) is 5.11. The minimum absolute atomic E-state index is 0.697. The number of nitrogens with one attached hydrogen (secondary N) is 1. The number of nitrogens with zero attached hydrogens (tertiary/aromatic N) is 1. The van der Waals surface area contributed by atoms with Gasteiger partial charge in [0.15, 0.2) is 11.5 Å². The van der Waals surface area contributed by atoms with Crippen LogP contribution in [0.5, 0.6) is 11.5 Å². The average Bonchev–Trinajstić information content (AvgIpc) is 2.48. The lowest BCUT2D eigenvalue weighted by molar-refractivity contribution is 0.180. The number of halogens is 1. The Kier molecular flexibility index (Phi) is 5.79. The van der Waals surface area contributed by atoms with Gasteiger partial charge in [0, 0.05) is 34.4 Å². The molecule has 1 aliphatic rings. The van der Waals surface area contributed by atoms with E-state index in [2.05, 4.69) is 25.4 Å². The Morgan fingerprint density at radius 2 is 2.00 bits per heavy atom.